The van der Waals surface area contributed by atoms with Gasteiger partial charge in [0.05, 0.1) is 5.57 Å². The average molecular weight is 573 g/mol. The maximum absolute atomic E-state index is 14.7. The van der Waals surface area contributed by atoms with E-state index in [1.807, 2.05) is 26.0 Å². The SMILES string of the molecule is CC1(C)CC[C@]2(CCC(=O)N3CCCC3)CC[C@]3(C)C(C(=O)C=C4[C@@]5(C)C=C(C#N)C(=O)C(C)(C)[C@@H]5CC[C@]43C)C2C1. The van der Waals surface area contributed by atoms with E-state index < -0.39 is 10.8 Å². The summed E-state index contributed by atoms with van der Waals surface area (Å²) in [6, 6.07) is 2.22. The minimum absolute atomic E-state index is 0.0423. The van der Waals surface area contributed by atoms with Crippen LogP contribution in [0.2, 0.25) is 0 Å². The number of ketones is 2. The van der Waals surface area contributed by atoms with Crippen molar-refractivity contribution in [1.82, 2.24) is 4.90 Å². The van der Waals surface area contributed by atoms with E-state index in [0.717, 1.165) is 82.9 Å². The molecule has 1 aliphatic heterocycles. The van der Waals surface area contributed by atoms with Crippen LogP contribution in [0.25, 0.3) is 0 Å². The molecule has 5 heteroatoms. The number of nitriles is 1. The molecule has 0 radical (unpaired) electrons. The number of likely N-dealkylation sites (tertiary alicyclic amines) is 1. The van der Waals surface area contributed by atoms with Crippen molar-refractivity contribution in [3.8, 4) is 6.07 Å². The number of carbonyl (C=O) groups is 3. The van der Waals surface area contributed by atoms with Gasteiger partial charge >= 0.3 is 0 Å². The van der Waals surface area contributed by atoms with E-state index in [1.54, 1.807) is 0 Å². The van der Waals surface area contributed by atoms with Crippen molar-refractivity contribution in [2.24, 2.45) is 50.2 Å². The van der Waals surface area contributed by atoms with Gasteiger partial charge in [-0.2, -0.15) is 5.26 Å². The number of fused-ring (bicyclic) bond motifs is 7. The van der Waals surface area contributed by atoms with E-state index in [-0.39, 0.29) is 56.6 Å². The van der Waals surface area contributed by atoms with Gasteiger partial charge in [-0.3, -0.25) is 14.4 Å². The Labute approximate surface area is 253 Å². The van der Waals surface area contributed by atoms with Crippen LogP contribution in [0.1, 0.15) is 119 Å². The van der Waals surface area contributed by atoms with E-state index >= 15 is 0 Å². The lowest BCUT2D eigenvalue weighted by Crippen LogP contribution is -2.64. The van der Waals surface area contributed by atoms with Gasteiger partial charge in [-0.15, -0.1) is 0 Å². The topological polar surface area (TPSA) is 78.2 Å². The molecule has 42 heavy (non-hydrogen) atoms. The van der Waals surface area contributed by atoms with Crippen molar-refractivity contribution < 1.29 is 14.4 Å². The third-order valence-electron chi connectivity index (χ3n) is 14.3. The average Bonchev–Trinajstić information content (AvgIpc) is 3.46. The van der Waals surface area contributed by atoms with Gasteiger partial charge in [0.1, 0.15) is 6.07 Å². The van der Waals surface area contributed by atoms with Gasteiger partial charge in [-0.25, -0.2) is 0 Å². The van der Waals surface area contributed by atoms with Crippen molar-refractivity contribution in [1.29, 1.82) is 5.26 Å². The van der Waals surface area contributed by atoms with Gasteiger partial charge in [-0.05, 0) is 104 Å². The van der Waals surface area contributed by atoms with Crippen LogP contribution in [0.5, 0.6) is 0 Å². The smallest absolute Gasteiger partial charge is 0.222 e. The minimum atomic E-state index is -0.644. The molecule has 0 bridgehead atoms. The van der Waals surface area contributed by atoms with Crippen LogP contribution in [0.15, 0.2) is 23.3 Å². The number of carbonyl (C=O) groups excluding carboxylic acids is 3. The van der Waals surface area contributed by atoms with Gasteiger partial charge in [-0.1, -0.05) is 60.1 Å². The zero-order valence-electron chi connectivity index (χ0n) is 27.2. The van der Waals surface area contributed by atoms with Crippen molar-refractivity contribution in [2.75, 3.05) is 13.1 Å². The van der Waals surface area contributed by atoms with Gasteiger partial charge < -0.3 is 4.90 Å². The number of Topliss-reactive ketones (excluding diaryl/α,β-unsaturated/α-hetero) is 1. The first-order valence-corrected chi connectivity index (χ1v) is 16.8. The summed E-state index contributed by atoms with van der Waals surface area (Å²) in [5, 5.41) is 9.96. The molecule has 1 heterocycles. The summed E-state index contributed by atoms with van der Waals surface area (Å²) in [7, 11) is 0. The molecule has 5 aliphatic carbocycles. The molecule has 0 aromatic heterocycles. The van der Waals surface area contributed by atoms with E-state index in [4.69, 9.17) is 0 Å². The summed E-state index contributed by atoms with van der Waals surface area (Å²) in [6.45, 7) is 17.6. The largest absolute Gasteiger partial charge is 0.343 e. The lowest BCUT2D eigenvalue weighted by atomic mass is 9.34. The fourth-order valence-corrected chi connectivity index (χ4v) is 11.7. The fraction of sp³-hybridized carbons (Fsp3) is 0.784. The summed E-state index contributed by atoms with van der Waals surface area (Å²) in [5.41, 5.74) is 0.103. The Morgan fingerprint density at radius 3 is 2.31 bits per heavy atom. The summed E-state index contributed by atoms with van der Waals surface area (Å²) >= 11 is 0. The second kappa shape index (κ2) is 9.39. The van der Waals surface area contributed by atoms with Crippen LogP contribution in [0.3, 0.4) is 0 Å². The van der Waals surface area contributed by atoms with Gasteiger partial charge in [0.2, 0.25) is 5.91 Å². The molecule has 228 valence electrons. The lowest BCUT2D eigenvalue weighted by molar-refractivity contribution is -0.173. The van der Waals surface area contributed by atoms with Crippen LogP contribution in [-0.2, 0) is 14.4 Å². The molecule has 6 rings (SSSR count). The maximum Gasteiger partial charge on any atom is 0.222 e. The van der Waals surface area contributed by atoms with Crippen molar-refractivity contribution in [3.63, 3.8) is 0 Å². The number of hydrogen-bond donors (Lipinski definition) is 0. The highest BCUT2D eigenvalue weighted by molar-refractivity contribution is 6.04. The molecule has 1 amide bonds. The summed E-state index contributed by atoms with van der Waals surface area (Å²) in [5.74, 6) is 0.788. The fourth-order valence-electron chi connectivity index (χ4n) is 11.7. The third kappa shape index (κ3) is 3.95. The standard InChI is InChI=1S/C37H52N2O3/c1-32(2)14-16-37(13-11-29(41)39-18-8-9-19-39)17-15-36(7)30(25(37)22-32)26(40)20-28-34(5)21-24(23-38)31(42)33(3,4)27(34)10-12-35(28,36)6/h20-21,25,27,30H,8-19,22H2,1-7H3/t25?,27-,30?,34-,35+,36+,37+/m0/s1. The number of nitrogens with zero attached hydrogens (tertiary/aromatic N) is 2. The van der Waals surface area contributed by atoms with Crippen molar-refractivity contribution >= 4 is 17.5 Å². The lowest BCUT2D eigenvalue weighted by Gasteiger charge is -2.69. The molecule has 5 nitrogen and oxygen atoms in total. The normalized spacial score (nSPS) is 43.7. The van der Waals surface area contributed by atoms with Crippen LogP contribution >= 0.6 is 0 Å². The quantitative estimate of drug-likeness (QED) is 0.349. The molecular weight excluding hydrogens is 520 g/mol. The summed E-state index contributed by atoms with van der Waals surface area (Å²) in [4.78, 5) is 43.3. The van der Waals surface area contributed by atoms with Crippen LogP contribution in [0, 0.1) is 61.6 Å². The molecule has 4 fully saturated rings. The molecule has 3 saturated carbocycles. The summed E-state index contributed by atoms with van der Waals surface area (Å²) < 4.78 is 0. The Kier molecular flexibility index (Phi) is 6.67. The molecule has 0 spiro atoms. The van der Waals surface area contributed by atoms with Gasteiger partial charge in [0, 0.05) is 36.3 Å². The van der Waals surface area contributed by atoms with Crippen LogP contribution in [-0.4, -0.2) is 35.5 Å². The number of hydrogen-bond acceptors (Lipinski definition) is 4. The van der Waals surface area contributed by atoms with E-state index in [1.165, 1.54) is 0 Å². The highest BCUT2D eigenvalue weighted by Crippen LogP contribution is 2.75. The predicted octanol–water partition coefficient (Wildman–Crippen LogP) is 7.61. The zero-order valence-corrected chi connectivity index (χ0v) is 27.2. The van der Waals surface area contributed by atoms with E-state index in [9.17, 15) is 19.6 Å². The molecule has 7 atom stereocenters. The Morgan fingerprint density at radius 1 is 0.976 bits per heavy atom. The maximum atomic E-state index is 14.7. The first-order chi connectivity index (χ1) is 19.5. The molecule has 0 aromatic rings. The second-order valence-corrected chi connectivity index (χ2v) is 17.2. The first kappa shape index (κ1) is 29.8. The molecule has 0 N–H and O–H groups in total. The highest BCUT2D eigenvalue weighted by atomic mass is 16.2. The molecule has 0 aromatic carbocycles. The first-order valence-electron chi connectivity index (χ1n) is 16.8. The van der Waals surface area contributed by atoms with Crippen LogP contribution < -0.4 is 0 Å². The van der Waals surface area contributed by atoms with E-state index in [2.05, 4.69) is 45.6 Å². The minimum Gasteiger partial charge on any atom is -0.343 e. The number of amides is 1. The Bertz CT molecular complexity index is 1320. The predicted molar refractivity (Wildman–Crippen MR) is 164 cm³/mol. The number of allylic oxidation sites excluding steroid dienone is 4. The molecule has 2 unspecified atom stereocenters. The Morgan fingerprint density at radius 2 is 1.64 bits per heavy atom. The van der Waals surface area contributed by atoms with E-state index in [0.29, 0.717) is 12.3 Å². The van der Waals surface area contributed by atoms with Crippen LogP contribution in [0.4, 0.5) is 0 Å². The number of rotatable bonds is 3. The zero-order chi connectivity index (χ0) is 30.5. The van der Waals surface area contributed by atoms with Gasteiger partial charge in [0.15, 0.2) is 11.6 Å². The second-order valence-electron chi connectivity index (χ2n) is 17.2. The Hall–Kier alpha value is -2.22. The van der Waals surface area contributed by atoms with Crippen molar-refractivity contribution in [3.05, 3.63) is 23.3 Å². The highest BCUT2D eigenvalue weighted by Gasteiger charge is 2.69. The summed E-state index contributed by atoms with van der Waals surface area (Å²) in [6.07, 6.45) is 14.9. The van der Waals surface area contributed by atoms with Gasteiger partial charge in [0.25, 0.3) is 0 Å². The molecule has 1 saturated heterocycles. The van der Waals surface area contributed by atoms with Crippen molar-refractivity contribution in [2.45, 2.75) is 119 Å². The third-order valence-corrected chi connectivity index (χ3v) is 14.3. The monoisotopic (exact) mass is 572 g/mol. The molecular formula is C37H52N2O3. The Balaban J connectivity index is 1.42. The molecule has 6 aliphatic rings.